The summed E-state index contributed by atoms with van der Waals surface area (Å²) < 4.78 is 13.5. The normalized spacial score (nSPS) is 12.0. The Morgan fingerprint density at radius 3 is 2.50 bits per heavy atom. The second-order valence-corrected chi connectivity index (χ2v) is 7.40. The molecule has 0 radical (unpaired) electrons. The number of quaternary nitrogens is 1. The Bertz CT molecular complexity index is 682. The van der Waals surface area contributed by atoms with Crippen LogP contribution in [0.1, 0.15) is 0 Å². The van der Waals surface area contributed by atoms with E-state index in [1.54, 1.807) is 23.9 Å². The molecule has 2 rings (SSSR count). The third-order valence-electron chi connectivity index (χ3n) is 3.47. The Morgan fingerprint density at radius 2 is 1.79 bits per heavy atom. The lowest BCUT2D eigenvalue weighted by Crippen LogP contribution is -3.10. The van der Waals surface area contributed by atoms with Crippen LogP contribution in [0, 0.1) is 5.82 Å². The molecule has 0 saturated heterocycles. The summed E-state index contributed by atoms with van der Waals surface area (Å²) >= 11 is 3.09. The number of anilines is 1. The van der Waals surface area contributed by atoms with Crippen molar-refractivity contribution in [3.05, 3.63) is 54.3 Å². The van der Waals surface area contributed by atoms with Crippen molar-refractivity contribution in [3.8, 4) is 0 Å². The number of amides is 1. The molecule has 0 aliphatic carbocycles. The summed E-state index contributed by atoms with van der Waals surface area (Å²) in [6, 6.07) is 14.5. The molecular weight excluding hydrogens is 343 g/mol. The van der Waals surface area contributed by atoms with E-state index >= 15 is 0 Å². The highest BCUT2D eigenvalue weighted by atomic mass is 32.2. The second kappa shape index (κ2) is 9.71. The molecule has 0 aliphatic heterocycles. The first kappa shape index (κ1) is 18.8. The Labute approximate surface area is 151 Å². The predicted octanol–water partition coefficient (Wildman–Crippen LogP) is 2.79. The average molecular weight is 366 g/mol. The molecule has 2 aromatic carbocycles. The lowest BCUT2D eigenvalue weighted by atomic mass is 10.3. The molecule has 0 aromatic heterocycles. The summed E-state index contributed by atoms with van der Waals surface area (Å²) in [6.45, 7) is 1.18. The van der Waals surface area contributed by atoms with Crippen LogP contribution in [0.25, 0.3) is 0 Å². The van der Waals surface area contributed by atoms with E-state index in [2.05, 4.69) is 5.32 Å². The molecule has 2 N–H and O–H groups in total. The van der Waals surface area contributed by atoms with Crippen molar-refractivity contribution in [2.45, 2.75) is 9.79 Å². The number of rotatable bonds is 8. The molecule has 0 spiro atoms. The summed E-state index contributed by atoms with van der Waals surface area (Å²) in [7, 11) is 1.97. The standard InChI is InChI=1S/C18H21FN2OS2/c1-21(11-12-24-16-9-5-3-7-14(16)19)13-18(22)20-15-8-4-6-10-17(15)23-2/h3-10H,11-13H2,1-2H3,(H,20,22)/p+1. The molecule has 3 nitrogen and oxygen atoms in total. The van der Waals surface area contributed by atoms with Gasteiger partial charge in [-0.05, 0) is 30.5 Å². The third kappa shape index (κ3) is 5.85. The number of hydrogen-bond donors (Lipinski definition) is 2. The SMILES string of the molecule is CSc1ccccc1NC(=O)C[NH+](C)CCSc1ccccc1F. The van der Waals surface area contributed by atoms with E-state index in [9.17, 15) is 9.18 Å². The van der Waals surface area contributed by atoms with Crippen LogP contribution in [-0.4, -0.2) is 38.1 Å². The second-order valence-electron chi connectivity index (χ2n) is 5.41. The van der Waals surface area contributed by atoms with Crippen LogP contribution in [0.5, 0.6) is 0 Å². The van der Waals surface area contributed by atoms with E-state index in [1.807, 2.05) is 43.6 Å². The van der Waals surface area contributed by atoms with Crippen molar-refractivity contribution in [2.24, 2.45) is 0 Å². The van der Waals surface area contributed by atoms with Crippen LogP contribution in [0.3, 0.4) is 0 Å². The lowest BCUT2D eigenvalue weighted by molar-refractivity contribution is -0.868. The summed E-state index contributed by atoms with van der Waals surface area (Å²) in [5.74, 6) is 0.568. The number of nitrogens with one attached hydrogen (secondary N) is 2. The minimum Gasteiger partial charge on any atom is -0.329 e. The minimum atomic E-state index is -0.188. The van der Waals surface area contributed by atoms with Crippen molar-refractivity contribution in [1.29, 1.82) is 0 Å². The highest BCUT2D eigenvalue weighted by molar-refractivity contribution is 7.99. The largest absolute Gasteiger partial charge is 0.329 e. The van der Waals surface area contributed by atoms with Gasteiger partial charge in [-0.2, -0.15) is 0 Å². The average Bonchev–Trinajstić information content (AvgIpc) is 2.57. The van der Waals surface area contributed by atoms with Gasteiger partial charge in [-0.1, -0.05) is 24.3 Å². The monoisotopic (exact) mass is 365 g/mol. The fourth-order valence-electron chi connectivity index (χ4n) is 2.20. The first-order valence-corrected chi connectivity index (χ1v) is 9.92. The summed E-state index contributed by atoms with van der Waals surface area (Å²) in [6.07, 6.45) is 1.99. The van der Waals surface area contributed by atoms with Gasteiger partial charge in [-0.3, -0.25) is 4.79 Å². The van der Waals surface area contributed by atoms with Gasteiger partial charge >= 0.3 is 0 Å². The maximum absolute atomic E-state index is 13.5. The quantitative estimate of drug-likeness (QED) is 0.706. The van der Waals surface area contributed by atoms with Gasteiger partial charge < -0.3 is 10.2 Å². The smallest absolute Gasteiger partial charge is 0.279 e. The van der Waals surface area contributed by atoms with E-state index in [1.165, 1.54) is 17.8 Å². The number of carbonyl (C=O) groups excluding carboxylic acids is 1. The molecule has 6 heteroatoms. The van der Waals surface area contributed by atoms with Gasteiger partial charge in [0.15, 0.2) is 6.54 Å². The fraction of sp³-hybridized carbons (Fsp3) is 0.278. The van der Waals surface area contributed by atoms with Crippen molar-refractivity contribution >= 4 is 35.1 Å². The third-order valence-corrected chi connectivity index (χ3v) is 5.31. The summed E-state index contributed by atoms with van der Waals surface area (Å²) in [5.41, 5.74) is 0.850. The van der Waals surface area contributed by atoms with E-state index in [-0.39, 0.29) is 11.7 Å². The number of hydrogen-bond acceptors (Lipinski definition) is 3. The molecule has 0 aliphatic rings. The Morgan fingerprint density at radius 1 is 1.12 bits per heavy atom. The van der Waals surface area contributed by atoms with Gasteiger partial charge in [0.05, 0.1) is 19.3 Å². The molecule has 1 unspecified atom stereocenters. The van der Waals surface area contributed by atoms with Gasteiger partial charge in [0, 0.05) is 15.5 Å². The van der Waals surface area contributed by atoms with Crippen LogP contribution in [0.15, 0.2) is 58.3 Å². The zero-order valence-corrected chi connectivity index (χ0v) is 15.5. The van der Waals surface area contributed by atoms with E-state index in [4.69, 9.17) is 0 Å². The molecule has 24 heavy (non-hydrogen) atoms. The van der Waals surface area contributed by atoms with Crippen molar-refractivity contribution in [2.75, 3.05) is 37.5 Å². The van der Waals surface area contributed by atoms with Crippen molar-refractivity contribution < 1.29 is 14.1 Å². The maximum Gasteiger partial charge on any atom is 0.279 e. The summed E-state index contributed by atoms with van der Waals surface area (Å²) in [5, 5.41) is 2.96. The first-order valence-electron chi connectivity index (χ1n) is 7.71. The first-order chi connectivity index (χ1) is 11.6. The van der Waals surface area contributed by atoms with Crippen LogP contribution in [0.4, 0.5) is 10.1 Å². The molecule has 0 heterocycles. The Kier molecular flexibility index (Phi) is 7.62. The lowest BCUT2D eigenvalue weighted by Gasteiger charge is -2.14. The van der Waals surface area contributed by atoms with Crippen LogP contribution in [0.2, 0.25) is 0 Å². The molecule has 0 fully saturated rings. The molecule has 2 aromatic rings. The molecule has 0 saturated carbocycles. The van der Waals surface area contributed by atoms with Crippen molar-refractivity contribution in [1.82, 2.24) is 0 Å². The summed E-state index contributed by atoms with van der Waals surface area (Å²) in [4.78, 5) is 15.0. The topological polar surface area (TPSA) is 33.5 Å². The van der Waals surface area contributed by atoms with Crippen molar-refractivity contribution in [3.63, 3.8) is 0 Å². The minimum absolute atomic E-state index is 0.00936. The molecular formula is C18H22FN2OS2+. The zero-order valence-electron chi connectivity index (χ0n) is 13.8. The number of para-hydroxylation sites is 1. The molecule has 128 valence electrons. The van der Waals surface area contributed by atoms with Gasteiger partial charge in [0.2, 0.25) is 0 Å². The predicted molar refractivity (Wildman–Crippen MR) is 101 cm³/mol. The molecule has 1 amide bonds. The Hall–Kier alpha value is -1.50. The van der Waals surface area contributed by atoms with Gasteiger partial charge in [-0.25, -0.2) is 4.39 Å². The van der Waals surface area contributed by atoms with E-state index in [0.29, 0.717) is 11.4 Å². The van der Waals surface area contributed by atoms with E-state index in [0.717, 1.165) is 27.8 Å². The van der Waals surface area contributed by atoms with Crippen LogP contribution < -0.4 is 10.2 Å². The fourth-order valence-corrected chi connectivity index (χ4v) is 3.81. The number of thioether (sulfide) groups is 2. The molecule has 1 atom stereocenters. The highest BCUT2D eigenvalue weighted by Crippen LogP contribution is 2.24. The number of benzene rings is 2. The van der Waals surface area contributed by atoms with Gasteiger partial charge in [0.25, 0.3) is 5.91 Å². The number of likely N-dealkylation sites (N-methyl/N-ethyl adjacent to an activating group) is 1. The zero-order chi connectivity index (χ0) is 17.4. The van der Waals surface area contributed by atoms with Crippen LogP contribution in [-0.2, 0) is 4.79 Å². The Balaban J connectivity index is 1.76. The molecule has 0 bridgehead atoms. The van der Waals surface area contributed by atoms with E-state index < -0.39 is 0 Å². The van der Waals surface area contributed by atoms with Gasteiger partial charge in [-0.15, -0.1) is 23.5 Å². The number of carbonyl (C=O) groups is 1. The van der Waals surface area contributed by atoms with Gasteiger partial charge in [0.1, 0.15) is 5.82 Å². The number of halogens is 1. The van der Waals surface area contributed by atoms with Crippen LogP contribution >= 0.6 is 23.5 Å². The maximum atomic E-state index is 13.5. The highest BCUT2D eigenvalue weighted by Gasteiger charge is 2.12.